The Bertz CT molecular complexity index is 521. The molecule has 1 spiro atoms. The predicted octanol–water partition coefficient (Wildman–Crippen LogP) is 3.63. The second kappa shape index (κ2) is 6.81. The van der Waals surface area contributed by atoms with Crippen LogP contribution in [0, 0.1) is 5.41 Å². The van der Waals surface area contributed by atoms with Crippen molar-refractivity contribution in [2.75, 3.05) is 26.2 Å². The topological polar surface area (TPSA) is 24.5 Å². The van der Waals surface area contributed by atoms with Crippen LogP contribution in [0.25, 0.3) is 0 Å². The van der Waals surface area contributed by atoms with Crippen molar-refractivity contribution >= 4 is 15.9 Å². The van der Waals surface area contributed by atoms with Crippen LogP contribution in [0.5, 0.6) is 5.75 Å². The minimum atomic E-state index is -2.80. The van der Waals surface area contributed by atoms with Gasteiger partial charge < -0.3 is 10.1 Å². The van der Waals surface area contributed by atoms with Crippen LogP contribution >= 0.6 is 15.9 Å². The van der Waals surface area contributed by atoms with Gasteiger partial charge in [0.05, 0.1) is 4.47 Å². The molecule has 0 aliphatic carbocycles. The van der Waals surface area contributed by atoms with Crippen molar-refractivity contribution in [1.29, 1.82) is 0 Å². The third kappa shape index (κ3) is 3.60. The summed E-state index contributed by atoms with van der Waals surface area (Å²) >= 11 is 3.31. The monoisotopic (exact) mass is 374 g/mol. The molecular formula is C16H21BrF2N2O. The Hall–Kier alpha value is -0.720. The molecule has 1 N–H and O–H groups in total. The number of piperidine rings is 1. The molecular weight excluding hydrogens is 354 g/mol. The number of hydrogen-bond donors (Lipinski definition) is 1. The van der Waals surface area contributed by atoms with Crippen LogP contribution in [0.4, 0.5) is 8.78 Å². The van der Waals surface area contributed by atoms with Gasteiger partial charge >= 0.3 is 6.61 Å². The van der Waals surface area contributed by atoms with Gasteiger partial charge in [-0.1, -0.05) is 12.1 Å². The van der Waals surface area contributed by atoms with Gasteiger partial charge in [-0.25, -0.2) is 0 Å². The van der Waals surface area contributed by atoms with Gasteiger partial charge in [0.1, 0.15) is 5.75 Å². The average Bonchev–Trinajstić information content (AvgIpc) is 2.86. The van der Waals surface area contributed by atoms with Gasteiger partial charge in [-0.15, -0.1) is 0 Å². The standard InChI is InChI=1S/C16H21BrF2N2O/c17-13-3-1-2-12(14(13)22-15(18)19)10-21-9-6-16(11-21)4-7-20-8-5-16/h1-3,15,20H,4-11H2. The quantitative estimate of drug-likeness (QED) is 0.870. The number of benzene rings is 1. The fraction of sp³-hybridized carbons (Fsp3) is 0.625. The maximum absolute atomic E-state index is 12.6. The van der Waals surface area contributed by atoms with Crippen molar-refractivity contribution in [2.24, 2.45) is 5.41 Å². The Morgan fingerprint density at radius 1 is 1.27 bits per heavy atom. The molecule has 3 rings (SSSR count). The van der Waals surface area contributed by atoms with Crippen molar-refractivity contribution in [2.45, 2.75) is 32.4 Å². The molecule has 2 saturated heterocycles. The lowest BCUT2D eigenvalue weighted by atomic mass is 9.78. The molecule has 0 radical (unpaired) electrons. The third-order valence-corrected chi connectivity index (χ3v) is 5.46. The van der Waals surface area contributed by atoms with Crippen molar-refractivity contribution in [3.63, 3.8) is 0 Å². The number of likely N-dealkylation sites (tertiary alicyclic amines) is 1. The molecule has 0 unspecified atom stereocenters. The summed E-state index contributed by atoms with van der Waals surface area (Å²) < 4.78 is 30.5. The highest BCUT2D eigenvalue weighted by molar-refractivity contribution is 9.10. The maximum atomic E-state index is 12.6. The van der Waals surface area contributed by atoms with Crippen LogP contribution in [-0.4, -0.2) is 37.7 Å². The van der Waals surface area contributed by atoms with E-state index in [0.717, 1.165) is 31.7 Å². The van der Waals surface area contributed by atoms with Gasteiger partial charge in [0.25, 0.3) is 0 Å². The van der Waals surface area contributed by atoms with Gasteiger partial charge in [-0.3, -0.25) is 4.90 Å². The highest BCUT2D eigenvalue weighted by Crippen LogP contribution is 2.40. The summed E-state index contributed by atoms with van der Waals surface area (Å²) in [7, 11) is 0. The molecule has 2 aliphatic heterocycles. The van der Waals surface area contributed by atoms with E-state index < -0.39 is 6.61 Å². The summed E-state index contributed by atoms with van der Waals surface area (Å²) in [6.07, 6.45) is 3.62. The summed E-state index contributed by atoms with van der Waals surface area (Å²) in [5, 5.41) is 3.41. The minimum Gasteiger partial charge on any atom is -0.433 e. The first-order valence-corrected chi connectivity index (χ1v) is 8.53. The summed E-state index contributed by atoms with van der Waals surface area (Å²) in [6.45, 7) is 2.12. The van der Waals surface area contributed by atoms with Crippen LogP contribution in [0.15, 0.2) is 22.7 Å². The number of nitrogens with one attached hydrogen (secondary N) is 1. The van der Waals surface area contributed by atoms with Gasteiger partial charge in [0.15, 0.2) is 0 Å². The Morgan fingerprint density at radius 3 is 2.77 bits per heavy atom. The molecule has 6 heteroatoms. The zero-order chi connectivity index (χ0) is 15.6. The van der Waals surface area contributed by atoms with Crippen LogP contribution in [0.3, 0.4) is 0 Å². The van der Waals surface area contributed by atoms with Crippen LogP contribution in [-0.2, 0) is 6.54 Å². The summed E-state index contributed by atoms with van der Waals surface area (Å²) in [5.41, 5.74) is 1.24. The second-order valence-corrected chi connectivity index (χ2v) is 7.17. The van der Waals surface area contributed by atoms with E-state index in [-0.39, 0.29) is 5.75 Å². The lowest BCUT2D eigenvalue weighted by molar-refractivity contribution is -0.0512. The molecule has 1 aromatic rings. The van der Waals surface area contributed by atoms with E-state index in [2.05, 4.69) is 26.1 Å². The molecule has 0 atom stereocenters. The normalized spacial score (nSPS) is 21.6. The number of rotatable bonds is 4. The molecule has 2 aliphatic rings. The molecule has 122 valence electrons. The Kier molecular flexibility index (Phi) is 5.00. The Labute approximate surface area is 138 Å². The molecule has 0 bridgehead atoms. The summed E-state index contributed by atoms with van der Waals surface area (Å²) in [4.78, 5) is 2.37. The van der Waals surface area contributed by atoms with E-state index in [1.54, 1.807) is 6.07 Å². The maximum Gasteiger partial charge on any atom is 0.387 e. The van der Waals surface area contributed by atoms with E-state index in [1.807, 2.05) is 12.1 Å². The van der Waals surface area contributed by atoms with Gasteiger partial charge in [0, 0.05) is 18.7 Å². The van der Waals surface area contributed by atoms with E-state index in [9.17, 15) is 8.78 Å². The molecule has 1 aromatic carbocycles. The smallest absolute Gasteiger partial charge is 0.387 e. The van der Waals surface area contributed by atoms with Crippen LogP contribution < -0.4 is 10.1 Å². The number of hydrogen-bond acceptors (Lipinski definition) is 3. The molecule has 2 heterocycles. The first kappa shape index (κ1) is 16.1. The van der Waals surface area contributed by atoms with E-state index in [1.165, 1.54) is 19.3 Å². The number of ether oxygens (including phenoxy) is 1. The zero-order valence-electron chi connectivity index (χ0n) is 12.5. The summed E-state index contributed by atoms with van der Waals surface area (Å²) in [6, 6.07) is 5.48. The largest absolute Gasteiger partial charge is 0.433 e. The number of alkyl halides is 2. The fourth-order valence-electron chi connectivity index (χ4n) is 3.67. The number of para-hydroxylation sites is 1. The highest BCUT2D eigenvalue weighted by atomic mass is 79.9. The van der Waals surface area contributed by atoms with Crippen molar-refractivity contribution in [3.8, 4) is 5.75 Å². The third-order valence-electron chi connectivity index (χ3n) is 4.83. The summed E-state index contributed by atoms with van der Waals surface area (Å²) in [5.74, 6) is 0.267. The highest BCUT2D eigenvalue weighted by Gasteiger charge is 2.38. The van der Waals surface area contributed by atoms with E-state index >= 15 is 0 Å². The molecule has 22 heavy (non-hydrogen) atoms. The Morgan fingerprint density at radius 2 is 2.05 bits per heavy atom. The fourth-order valence-corrected chi connectivity index (χ4v) is 4.17. The van der Waals surface area contributed by atoms with Crippen molar-refractivity contribution < 1.29 is 13.5 Å². The molecule has 0 amide bonds. The number of halogens is 3. The molecule has 2 fully saturated rings. The minimum absolute atomic E-state index is 0.267. The molecule has 0 saturated carbocycles. The van der Waals surface area contributed by atoms with Gasteiger partial charge in [-0.2, -0.15) is 8.78 Å². The van der Waals surface area contributed by atoms with E-state index in [0.29, 0.717) is 16.4 Å². The van der Waals surface area contributed by atoms with Crippen molar-refractivity contribution in [1.82, 2.24) is 10.2 Å². The van der Waals surface area contributed by atoms with Gasteiger partial charge in [0.2, 0.25) is 0 Å². The lowest BCUT2D eigenvalue weighted by Gasteiger charge is -2.34. The van der Waals surface area contributed by atoms with Crippen LogP contribution in [0.1, 0.15) is 24.8 Å². The van der Waals surface area contributed by atoms with E-state index in [4.69, 9.17) is 4.74 Å². The Balaban J connectivity index is 1.70. The van der Waals surface area contributed by atoms with Crippen LogP contribution in [0.2, 0.25) is 0 Å². The van der Waals surface area contributed by atoms with Crippen molar-refractivity contribution in [3.05, 3.63) is 28.2 Å². The van der Waals surface area contributed by atoms with Gasteiger partial charge in [-0.05, 0) is 66.3 Å². The number of nitrogens with zero attached hydrogens (tertiary/aromatic N) is 1. The zero-order valence-corrected chi connectivity index (χ0v) is 14.0. The average molecular weight is 375 g/mol. The molecule has 3 nitrogen and oxygen atoms in total. The predicted molar refractivity (Wildman–Crippen MR) is 85.2 cm³/mol. The second-order valence-electron chi connectivity index (χ2n) is 6.32. The first-order chi connectivity index (χ1) is 10.6. The molecule has 0 aromatic heterocycles. The SMILES string of the molecule is FC(F)Oc1c(Br)cccc1CN1CCC2(CCNCC2)C1. The lowest BCUT2D eigenvalue weighted by Crippen LogP contribution is -2.38. The first-order valence-electron chi connectivity index (χ1n) is 7.73.